The van der Waals surface area contributed by atoms with Gasteiger partial charge in [-0.25, -0.2) is 8.42 Å². The molecule has 29 heavy (non-hydrogen) atoms. The van der Waals surface area contributed by atoms with Crippen molar-refractivity contribution < 1.29 is 17.9 Å². The third-order valence-corrected chi connectivity index (χ3v) is 5.63. The smallest absolute Gasteiger partial charge is 0.248 e. The minimum atomic E-state index is -3.73. The number of anilines is 2. The molecule has 8 heteroatoms. The highest BCUT2D eigenvalue weighted by atomic mass is 35.5. The molecule has 158 valence electrons. The predicted octanol–water partition coefficient (Wildman–Crippen LogP) is 4.62. The van der Waals surface area contributed by atoms with Crippen molar-refractivity contribution >= 4 is 38.9 Å². The zero-order chi connectivity index (χ0) is 21.8. The third-order valence-electron chi connectivity index (χ3n) is 4.23. The molecule has 0 aliphatic heterocycles. The van der Waals surface area contributed by atoms with E-state index in [0.29, 0.717) is 34.1 Å². The number of carbonyl (C=O) groups excluding carboxylic acids is 1. The maximum Gasteiger partial charge on any atom is 0.248 e. The number of hydrogen-bond acceptors (Lipinski definition) is 4. The normalized spacial score (nSPS) is 12.5. The Labute approximate surface area is 177 Å². The van der Waals surface area contributed by atoms with Crippen molar-refractivity contribution in [2.24, 2.45) is 0 Å². The molecule has 0 saturated heterocycles. The summed E-state index contributed by atoms with van der Waals surface area (Å²) >= 11 is 6.09. The van der Waals surface area contributed by atoms with Gasteiger partial charge in [0.1, 0.15) is 11.8 Å². The molecule has 0 spiro atoms. The first-order valence-corrected chi connectivity index (χ1v) is 11.6. The fraction of sp³-hybridized carbons (Fsp3) is 0.381. The summed E-state index contributed by atoms with van der Waals surface area (Å²) in [5.41, 5.74) is 1.66. The molecule has 0 heterocycles. The van der Waals surface area contributed by atoms with E-state index in [4.69, 9.17) is 16.3 Å². The third kappa shape index (κ3) is 6.11. The van der Waals surface area contributed by atoms with Crippen LogP contribution >= 0.6 is 11.6 Å². The molecule has 0 radical (unpaired) electrons. The van der Waals surface area contributed by atoms with E-state index in [9.17, 15) is 13.2 Å². The van der Waals surface area contributed by atoms with Crippen molar-refractivity contribution in [3.63, 3.8) is 0 Å². The number of nitrogens with zero attached hydrogens (tertiary/aromatic N) is 1. The lowest BCUT2D eigenvalue weighted by atomic mass is 10.1. The molecule has 1 atom stereocenters. The van der Waals surface area contributed by atoms with Crippen LogP contribution in [0.4, 0.5) is 11.4 Å². The highest BCUT2D eigenvalue weighted by Gasteiger charge is 2.32. The average Bonchev–Trinajstić information content (AvgIpc) is 2.62. The molecule has 0 bridgehead atoms. The summed E-state index contributed by atoms with van der Waals surface area (Å²) in [4.78, 5) is 13.0. The monoisotopic (exact) mass is 438 g/mol. The van der Waals surface area contributed by atoms with Crippen molar-refractivity contribution in [1.82, 2.24) is 0 Å². The van der Waals surface area contributed by atoms with Crippen LogP contribution < -0.4 is 14.4 Å². The van der Waals surface area contributed by atoms with Crippen LogP contribution in [-0.4, -0.2) is 32.7 Å². The molecule has 0 fully saturated rings. The van der Waals surface area contributed by atoms with Crippen molar-refractivity contribution in [2.75, 3.05) is 15.9 Å². The Morgan fingerprint density at radius 3 is 2.31 bits per heavy atom. The maximum atomic E-state index is 13.0. The van der Waals surface area contributed by atoms with E-state index in [2.05, 4.69) is 5.32 Å². The molecule has 2 aromatic rings. The largest absolute Gasteiger partial charge is 0.491 e. The summed E-state index contributed by atoms with van der Waals surface area (Å²) < 4.78 is 31.9. The second-order valence-electron chi connectivity index (χ2n) is 7.09. The Morgan fingerprint density at radius 2 is 1.79 bits per heavy atom. The highest BCUT2D eigenvalue weighted by Crippen LogP contribution is 2.29. The first kappa shape index (κ1) is 23.0. The number of halogens is 1. The Balaban J connectivity index is 2.32. The number of aryl methyl sites for hydroxylation is 1. The number of benzene rings is 2. The fourth-order valence-corrected chi connectivity index (χ4v) is 4.40. The Hall–Kier alpha value is -2.25. The standard InChI is InChI=1S/C21H27ClN2O4S/c1-6-19(21(25)23-17-9-11-18(12-10-17)28-14(2)3)24(29(5,26)27)20-13-16(22)8-7-15(20)4/h7-14,19H,6H2,1-5H3,(H,23,25)/t19-/m0/s1. The van der Waals surface area contributed by atoms with Gasteiger partial charge in [-0.15, -0.1) is 0 Å². The van der Waals surface area contributed by atoms with E-state index in [1.165, 1.54) is 0 Å². The van der Waals surface area contributed by atoms with E-state index in [0.717, 1.165) is 10.6 Å². The lowest BCUT2D eigenvalue weighted by Crippen LogP contribution is -2.47. The number of rotatable bonds is 8. The highest BCUT2D eigenvalue weighted by molar-refractivity contribution is 7.92. The summed E-state index contributed by atoms with van der Waals surface area (Å²) in [6.45, 7) is 7.40. The molecular weight excluding hydrogens is 412 g/mol. The SMILES string of the molecule is CC[C@@H](C(=O)Nc1ccc(OC(C)C)cc1)N(c1cc(Cl)ccc1C)S(C)(=O)=O. The zero-order valence-electron chi connectivity index (χ0n) is 17.3. The van der Waals surface area contributed by atoms with Gasteiger partial charge in [0.25, 0.3) is 0 Å². The Kier molecular flexibility index (Phi) is 7.54. The van der Waals surface area contributed by atoms with Crippen molar-refractivity contribution in [3.05, 3.63) is 53.1 Å². The Bertz CT molecular complexity index is 959. The number of ether oxygens (including phenoxy) is 1. The average molecular weight is 439 g/mol. The number of amides is 1. The predicted molar refractivity (Wildman–Crippen MR) is 118 cm³/mol. The second-order valence-corrected chi connectivity index (χ2v) is 9.39. The summed E-state index contributed by atoms with van der Waals surface area (Å²) in [6, 6.07) is 11.0. The van der Waals surface area contributed by atoms with Crippen molar-refractivity contribution in [1.29, 1.82) is 0 Å². The Morgan fingerprint density at radius 1 is 1.17 bits per heavy atom. The summed E-state index contributed by atoms with van der Waals surface area (Å²) in [7, 11) is -3.73. The molecule has 1 N–H and O–H groups in total. The quantitative estimate of drug-likeness (QED) is 0.652. The van der Waals surface area contributed by atoms with E-state index in [1.54, 1.807) is 56.3 Å². The zero-order valence-corrected chi connectivity index (χ0v) is 18.8. The second kappa shape index (κ2) is 9.50. The van der Waals surface area contributed by atoms with Gasteiger partial charge in [-0.2, -0.15) is 0 Å². The first-order chi connectivity index (χ1) is 13.5. The van der Waals surface area contributed by atoms with Gasteiger partial charge in [-0.05, 0) is 69.2 Å². The molecule has 2 aromatic carbocycles. The van der Waals surface area contributed by atoms with E-state index < -0.39 is 22.0 Å². The molecule has 0 unspecified atom stereocenters. The van der Waals surface area contributed by atoms with Gasteiger partial charge in [0.05, 0.1) is 18.0 Å². The van der Waals surface area contributed by atoms with Crippen LogP contribution in [0.3, 0.4) is 0 Å². The summed E-state index contributed by atoms with van der Waals surface area (Å²) in [5.74, 6) is 0.271. The molecule has 0 saturated carbocycles. The van der Waals surface area contributed by atoms with Crippen molar-refractivity contribution in [3.8, 4) is 5.75 Å². The number of carbonyl (C=O) groups is 1. The molecule has 0 aliphatic carbocycles. The van der Waals surface area contributed by atoms with Gasteiger partial charge < -0.3 is 10.1 Å². The molecule has 2 rings (SSSR count). The van der Waals surface area contributed by atoms with Crippen LogP contribution in [0.1, 0.15) is 32.8 Å². The molecule has 0 aliphatic rings. The van der Waals surface area contributed by atoms with E-state index in [-0.39, 0.29) is 6.10 Å². The van der Waals surface area contributed by atoms with E-state index >= 15 is 0 Å². The van der Waals surface area contributed by atoms with Gasteiger partial charge in [-0.1, -0.05) is 24.6 Å². The van der Waals surface area contributed by atoms with Crippen LogP contribution in [0, 0.1) is 6.92 Å². The van der Waals surface area contributed by atoms with Crippen LogP contribution in [-0.2, 0) is 14.8 Å². The lowest BCUT2D eigenvalue weighted by molar-refractivity contribution is -0.117. The maximum absolute atomic E-state index is 13.0. The van der Waals surface area contributed by atoms with Gasteiger partial charge >= 0.3 is 0 Å². The van der Waals surface area contributed by atoms with E-state index in [1.807, 2.05) is 13.8 Å². The minimum Gasteiger partial charge on any atom is -0.491 e. The molecule has 6 nitrogen and oxygen atoms in total. The fourth-order valence-electron chi connectivity index (χ4n) is 2.97. The van der Waals surface area contributed by atoms with Crippen LogP contribution in [0.25, 0.3) is 0 Å². The van der Waals surface area contributed by atoms with Crippen LogP contribution in [0.5, 0.6) is 5.75 Å². The number of sulfonamides is 1. The molecule has 1 amide bonds. The van der Waals surface area contributed by atoms with Crippen LogP contribution in [0.2, 0.25) is 5.02 Å². The first-order valence-electron chi connectivity index (χ1n) is 9.36. The van der Waals surface area contributed by atoms with Crippen molar-refractivity contribution in [2.45, 2.75) is 46.3 Å². The van der Waals surface area contributed by atoms with Gasteiger partial charge in [0, 0.05) is 10.7 Å². The summed E-state index contributed by atoms with van der Waals surface area (Å²) in [5, 5.41) is 3.19. The molecule has 0 aromatic heterocycles. The molecular formula is C21H27ClN2O4S. The number of nitrogens with one attached hydrogen (secondary N) is 1. The summed E-state index contributed by atoms with van der Waals surface area (Å²) in [6.07, 6.45) is 1.42. The van der Waals surface area contributed by atoms with Gasteiger partial charge in [0.15, 0.2) is 0 Å². The van der Waals surface area contributed by atoms with Gasteiger partial charge in [0.2, 0.25) is 15.9 Å². The number of hydrogen-bond donors (Lipinski definition) is 1. The topological polar surface area (TPSA) is 75.7 Å². The minimum absolute atomic E-state index is 0.0455. The van der Waals surface area contributed by atoms with Crippen LogP contribution in [0.15, 0.2) is 42.5 Å². The lowest BCUT2D eigenvalue weighted by Gasteiger charge is -2.31. The van der Waals surface area contributed by atoms with Gasteiger partial charge in [-0.3, -0.25) is 9.10 Å².